The van der Waals surface area contributed by atoms with E-state index in [0.717, 1.165) is 42.1 Å². The first-order valence-corrected chi connectivity index (χ1v) is 9.18. The van der Waals surface area contributed by atoms with Crippen LogP contribution in [-0.4, -0.2) is 26.7 Å². The van der Waals surface area contributed by atoms with Gasteiger partial charge in [0.15, 0.2) is 5.65 Å². The third-order valence-corrected chi connectivity index (χ3v) is 4.91. The van der Waals surface area contributed by atoms with Crippen LogP contribution < -0.4 is 10.2 Å². The monoisotopic (exact) mass is 356 g/mol. The van der Waals surface area contributed by atoms with Crippen molar-refractivity contribution in [2.75, 3.05) is 16.8 Å². The number of aromatic amines is 1. The quantitative estimate of drug-likeness (QED) is 0.572. The minimum atomic E-state index is 0.611. The molecule has 2 aromatic heterocycles. The third-order valence-electron chi connectivity index (χ3n) is 4.91. The van der Waals surface area contributed by atoms with Crippen LogP contribution in [0.5, 0.6) is 0 Å². The Labute approximate surface area is 157 Å². The summed E-state index contributed by atoms with van der Waals surface area (Å²) in [4.78, 5) is 11.8. The molecule has 6 heteroatoms. The first kappa shape index (κ1) is 15.8. The second-order valence-corrected chi connectivity index (χ2v) is 6.77. The zero-order valence-electron chi connectivity index (χ0n) is 14.9. The lowest BCUT2D eigenvalue weighted by molar-refractivity contribution is 0.747. The highest BCUT2D eigenvalue weighted by molar-refractivity contribution is 5.91. The van der Waals surface area contributed by atoms with E-state index < -0.39 is 0 Å². The molecule has 0 radical (unpaired) electrons. The van der Waals surface area contributed by atoms with Gasteiger partial charge in [-0.1, -0.05) is 60.7 Å². The maximum Gasteiger partial charge on any atom is 0.227 e. The van der Waals surface area contributed by atoms with Gasteiger partial charge in [-0.05, 0) is 11.1 Å². The van der Waals surface area contributed by atoms with Gasteiger partial charge in [-0.2, -0.15) is 15.1 Å². The number of aromatic nitrogens is 4. The molecule has 4 aromatic rings. The number of hydrogen-bond acceptors (Lipinski definition) is 5. The SMILES string of the molecule is c1ccc(CNc2nc3c4c([nH]nc4n2)CCN3Cc2ccccc2)cc1. The molecule has 2 aromatic carbocycles. The van der Waals surface area contributed by atoms with Crippen molar-refractivity contribution in [2.45, 2.75) is 19.5 Å². The van der Waals surface area contributed by atoms with Crippen molar-refractivity contribution in [1.29, 1.82) is 0 Å². The lowest BCUT2D eigenvalue weighted by Gasteiger charge is -2.28. The highest BCUT2D eigenvalue weighted by atomic mass is 15.3. The first-order chi connectivity index (χ1) is 13.4. The Morgan fingerprint density at radius 1 is 0.926 bits per heavy atom. The average molecular weight is 356 g/mol. The van der Waals surface area contributed by atoms with Crippen molar-refractivity contribution >= 4 is 22.8 Å². The lowest BCUT2D eigenvalue weighted by Crippen LogP contribution is -2.29. The zero-order valence-corrected chi connectivity index (χ0v) is 14.9. The Bertz CT molecular complexity index is 1060. The van der Waals surface area contributed by atoms with E-state index in [-0.39, 0.29) is 0 Å². The van der Waals surface area contributed by atoms with Crippen molar-refractivity contribution in [3.05, 3.63) is 77.5 Å². The van der Waals surface area contributed by atoms with E-state index >= 15 is 0 Å². The fourth-order valence-electron chi connectivity index (χ4n) is 3.54. The smallest absolute Gasteiger partial charge is 0.227 e. The van der Waals surface area contributed by atoms with Gasteiger partial charge < -0.3 is 10.2 Å². The Morgan fingerprint density at radius 2 is 1.67 bits per heavy atom. The molecule has 2 N–H and O–H groups in total. The molecule has 27 heavy (non-hydrogen) atoms. The van der Waals surface area contributed by atoms with Crippen molar-refractivity contribution in [3.8, 4) is 0 Å². The fraction of sp³-hybridized carbons (Fsp3) is 0.190. The van der Waals surface area contributed by atoms with E-state index in [4.69, 9.17) is 4.98 Å². The molecule has 3 heterocycles. The molecule has 0 saturated heterocycles. The molecule has 5 rings (SSSR count). The van der Waals surface area contributed by atoms with E-state index in [2.05, 4.69) is 61.8 Å². The molecule has 1 aliphatic heterocycles. The number of nitrogens with one attached hydrogen (secondary N) is 2. The van der Waals surface area contributed by atoms with Gasteiger partial charge in [-0.15, -0.1) is 0 Å². The summed E-state index contributed by atoms with van der Waals surface area (Å²) >= 11 is 0. The van der Waals surface area contributed by atoms with E-state index in [1.165, 1.54) is 11.1 Å². The van der Waals surface area contributed by atoms with Gasteiger partial charge in [-0.25, -0.2) is 0 Å². The molecule has 6 nitrogen and oxygen atoms in total. The third kappa shape index (κ3) is 3.10. The van der Waals surface area contributed by atoms with Crippen molar-refractivity contribution in [3.63, 3.8) is 0 Å². The fourth-order valence-corrected chi connectivity index (χ4v) is 3.54. The summed E-state index contributed by atoms with van der Waals surface area (Å²) < 4.78 is 0. The van der Waals surface area contributed by atoms with Crippen LogP contribution in [0.2, 0.25) is 0 Å². The Morgan fingerprint density at radius 3 is 2.44 bits per heavy atom. The van der Waals surface area contributed by atoms with Gasteiger partial charge >= 0.3 is 0 Å². The minimum absolute atomic E-state index is 0.611. The van der Waals surface area contributed by atoms with Crippen molar-refractivity contribution in [2.24, 2.45) is 0 Å². The normalized spacial score (nSPS) is 13.1. The topological polar surface area (TPSA) is 69.7 Å². The number of hydrogen-bond donors (Lipinski definition) is 2. The molecule has 0 bridgehead atoms. The van der Waals surface area contributed by atoms with Gasteiger partial charge in [0.2, 0.25) is 5.95 Å². The van der Waals surface area contributed by atoms with Crippen LogP contribution in [0.3, 0.4) is 0 Å². The Kier molecular flexibility index (Phi) is 3.93. The summed E-state index contributed by atoms with van der Waals surface area (Å²) in [6.07, 6.45) is 0.927. The van der Waals surface area contributed by atoms with E-state index in [1.54, 1.807) is 0 Å². The number of H-pyrrole nitrogens is 1. The highest BCUT2D eigenvalue weighted by Crippen LogP contribution is 2.32. The molecular formula is C21H20N6. The predicted molar refractivity (Wildman–Crippen MR) is 107 cm³/mol. The maximum atomic E-state index is 4.84. The molecule has 0 amide bonds. The summed E-state index contributed by atoms with van der Waals surface area (Å²) in [5, 5.41) is 11.9. The van der Waals surface area contributed by atoms with E-state index in [1.807, 2.05) is 24.3 Å². The number of benzene rings is 2. The average Bonchev–Trinajstić information content (AvgIpc) is 3.14. The van der Waals surface area contributed by atoms with Crippen molar-refractivity contribution < 1.29 is 0 Å². The van der Waals surface area contributed by atoms with Crippen LogP contribution in [-0.2, 0) is 19.5 Å². The number of rotatable bonds is 5. The molecule has 0 unspecified atom stereocenters. The molecule has 0 saturated carbocycles. The molecule has 0 fully saturated rings. The molecule has 0 spiro atoms. The second kappa shape index (κ2) is 6.72. The second-order valence-electron chi connectivity index (χ2n) is 6.77. The van der Waals surface area contributed by atoms with Gasteiger partial charge in [0.05, 0.1) is 11.1 Å². The summed E-state index contributed by atoms with van der Waals surface area (Å²) in [5.74, 6) is 1.56. The number of nitrogens with zero attached hydrogens (tertiary/aromatic N) is 4. The Hall–Kier alpha value is -3.41. The van der Waals surface area contributed by atoms with Gasteiger partial charge in [0.25, 0.3) is 0 Å². The molecule has 134 valence electrons. The van der Waals surface area contributed by atoms with Crippen LogP contribution in [0.1, 0.15) is 16.8 Å². The van der Waals surface area contributed by atoms with Crippen LogP contribution >= 0.6 is 0 Å². The Balaban J connectivity index is 1.47. The largest absolute Gasteiger partial charge is 0.351 e. The summed E-state index contributed by atoms with van der Waals surface area (Å²) in [7, 11) is 0. The van der Waals surface area contributed by atoms with E-state index in [0.29, 0.717) is 12.5 Å². The van der Waals surface area contributed by atoms with E-state index in [9.17, 15) is 0 Å². The minimum Gasteiger partial charge on any atom is -0.351 e. The van der Waals surface area contributed by atoms with Crippen LogP contribution in [0.25, 0.3) is 11.0 Å². The van der Waals surface area contributed by atoms with Gasteiger partial charge in [0, 0.05) is 26.1 Å². The number of anilines is 2. The lowest BCUT2D eigenvalue weighted by atomic mass is 10.1. The maximum absolute atomic E-state index is 4.84. The molecule has 0 atom stereocenters. The standard InChI is InChI=1S/C21H20N6/c1-3-7-15(8-4-1)13-22-21-23-19-18-17(25-26-19)11-12-27(20(18)24-21)14-16-9-5-2-6-10-16/h1-10H,11-14H2,(H2,22,23,24,25,26). The molecular weight excluding hydrogens is 336 g/mol. The van der Waals surface area contributed by atoms with Crippen LogP contribution in [0.4, 0.5) is 11.8 Å². The predicted octanol–water partition coefficient (Wildman–Crippen LogP) is 3.53. The summed E-state index contributed by atoms with van der Waals surface area (Å²) in [6.45, 7) is 2.42. The highest BCUT2D eigenvalue weighted by Gasteiger charge is 2.24. The first-order valence-electron chi connectivity index (χ1n) is 9.18. The van der Waals surface area contributed by atoms with Gasteiger partial charge in [-0.3, -0.25) is 5.10 Å². The van der Waals surface area contributed by atoms with Gasteiger partial charge in [0.1, 0.15) is 5.82 Å². The molecule has 1 aliphatic rings. The molecule has 0 aliphatic carbocycles. The van der Waals surface area contributed by atoms with Crippen LogP contribution in [0, 0.1) is 0 Å². The van der Waals surface area contributed by atoms with Crippen molar-refractivity contribution in [1.82, 2.24) is 20.2 Å². The summed E-state index contributed by atoms with van der Waals surface area (Å²) in [5.41, 5.74) is 4.32. The van der Waals surface area contributed by atoms with Crippen LogP contribution in [0.15, 0.2) is 60.7 Å². The zero-order chi connectivity index (χ0) is 18.1. The summed E-state index contributed by atoms with van der Waals surface area (Å²) in [6, 6.07) is 20.8.